The Hall–Kier alpha value is -1.36. The van der Waals surface area contributed by atoms with Crippen molar-refractivity contribution < 1.29 is 23.9 Å². The fraction of sp³-hybridized carbons (Fsp3) is 0.750. The summed E-state index contributed by atoms with van der Waals surface area (Å²) < 4.78 is 5.39. The summed E-state index contributed by atoms with van der Waals surface area (Å²) in [5.74, 6) is -1.32. The highest BCUT2D eigenvalue weighted by Gasteiger charge is 2.24. The molecule has 0 aliphatic rings. The molecular formula is C16H29NO4. The van der Waals surface area contributed by atoms with Gasteiger partial charge in [-0.1, -0.05) is 25.8 Å². The topological polar surface area (TPSA) is 66.4 Å². The highest BCUT2D eigenvalue weighted by molar-refractivity contribution is 5.86. The number of quaternary nitrogens is 1. The van der Waals surface area contributed by atoms with E-state index in [2.05, 4.69) is 6.58 Å². The predicted molar refractivity (Wildman–Crippen MR) is 80.3 cm³/mol. The Morgan fingerprint density at radius 3 is 2.10 bits per heavy atom. The van der Waals surface area contributed by atoms with Crippen LogP contribution in [0.2, 0.25) is 0 Å². The van der Waals surface area contributed by atoms with Crippen LogP contribution < -0.4 is 5.11 Å². The number of hydrogen-bond donors (Lipinski definition) is 0. The zero-order valence-corrected chi connectivity index (χ0v) is 13.8. The van der Waals surface area contributed by atoms with Gasteiger partial charge in [0.05, 0.1) is 33.7 Å². The van der Waals surface area contributed by atoms with E-state index in [1.807, 2.05) is 21.1 Å². The molecule has 0 rings (SSSR count). The van der Waals surface area contributed by atoms with Gasteiger partial charge in [-0.25, -0.2) is 4.79 Å². The van der Waals surface area contributed by atoms with Crippen LogP contribution in [0.3, 0.4) is 0 Å². The van der Waals surface area contributed by atoms with E-state index in [4.69, 9.17) is 4.74 Å². The second-order valence-corrected chi connectivity index (χ2v) is 6.42. The number of carboxylic acid groups (broad SMARTS) is 1. The number of nitrogens with zero attached hydrogens (tertiary/aromatic N) is 1. The van der Waals surface area contributed by atoms with E-state index in [0.717, 1.165) is 32.1 Å². The number of aliphatic carboxylic acids is 1. The average molecular weight is 299 g/mol. The number of carbonyl (C=O) groups is 2. The molecule has 0 bridgehead atoms. The molecule has 0 N–H and O–H groups in total. The van der Waals surface area contributed by atoms with Crippen LogP contribution in [-0.2, 0) is 14.3 Å². The number of unbranched alkanes of at least 4 members (excludes halogenated alkanes) is 4. The van der Waals surface area contributed by atoms with Crippen molar-refractivity contribution in [3.05, 3.63) is 12.2 Å². The van der Waals surface area contributed by atoms with Crippen LogP contribution in [0.25, 0.3) is 0 Å². The van der Waals surface area contributed by atoms with E-state index in [-0.39, 0.29) is 5.97 Å². The third kappa shape index (κ3) is 9.24. The molecule has 0 aromatic carbocycles. The highest BCUT2D eigenvalue weighted by Crippen LogP contribution is 2.13. The normalized spacial score (nSPS) is 12.8. The molecule has 0 heterocycles. The SMILES string of the molecule is C=C(C)C(=O)OCCCCCCCC(C(=O)[O-])[N+](C)(C)C. The van der Waals surface area contributed by atoms with Crippen LogP contribution in [0.15, 0.2) is 12.2 Å². The van der Waals surface area contributed by atoms with E-state index in [9.17, 15) is 14.7 Å². The summed E-state index contributed by atoms with van der Waals surface area (Å²) >= 11 is 0. The first kappa shape index (κ1) is 19.6. The van der Waals surface area contributed by atoms with Gasteiger partial charge in [0.2, 0.25) is 0 Å². The molecule has 0 aromatic rings. The van der Waals surface area contributed by atoms with Crippen LogP contribution in [0, 0.1) is 0 Å². The van der Waals surface area contributed by atoms with Crippen LogP contribution in [0.1, 0.15) is 45.4 Å². The standard InChI is InChI=1S/C16H29NO4/c1-13(2)16(20)21-12-10-8-6-7-9-11-14(15(18)19)17(3,4)5/h14H,1,6-12H2,2-5H3. The van der Waals surface area contributed by atoms with Crippen molar-refractivity contribution in [2.45, 2.75) is 51.5 Å². The maximum Gasteiger partial charge on any atom is 0.333 e. The van der Waals surface area contributed by atoms with Gasteiger partial charge in [-0.15, -0.1) is 0 Å². The Morgan fingerprint density at radius 2 is 1.62 bits per heavy atom. The summed E-state index contributed by atoms with van der Waals surface area (Å²) in [5.41, 5.74) is 0.420. The fourth-order valence-electron chi connectivity index (χ4n) is 2.08. The Morgan fingerprint density at radius 1 is 1.10 bits per heavy atom. The molecule has 0 aliphatic carbocycles. The molecule has 0 saturated carbocycles. The number of carboxylic acids is 1. The summed E-state index contributed by atoms with van der Waals surface area (Å²) in [6, 6.07) is -0.457. The average Bonchev–Trinajstić information content (AvgIpc) is 2.34. The molecule has 0 amide bonds. The minimum atomic E-state index is -0.978. The second-order valence-electron chi connectivity index (χ2n) is 6.42. The smallest absolute Gasteiger partial charge is 0.333 e. The van der Waals surface area contributed by atoms with Gasteiger partial charge < -0.3 is 19.1 Å². The zero-order chi connectivity index (χ0) is 16.5. The summed E-state index contributed by atoms with van der Waals surface area (Å²) in [6.07, 6.45) is 5.32. The third-order valence-corrected chi connectivity index (χ3v) is 3.41. The highest BCUT2D eigenvalue weighted by atomic mass is 16.5. The van der Waals surface area contributed by atoms with Gasteiger partial charge >= 0.3 is 5.97 Å². The number of carbonyl (C=O) groups excluding carboxylic acids is 2. The molecule has 1 unspecified atom stereocenters. The van der Waals surface area contributed by atoms with Gasteiger partial charge in [-0.05, 0) is 19.8 Å². The molecule has 21 heavy (non-hydrogen) atoms. The van der Waals surface area contributed by atoms with E-state index < -0.39 is 12.0 Å². The monoisotopic (exact) mass is 299 g/mol. The minimum Gasteiger partial charge on any atom is -0.544 e. The number of likely N-dealkylation sites (N-methyl/N-ethyl adjacent to an activating group) is 1. The number of esters is 1. The van der Waals surface area contributed by atoms with Crippen LogP contribution in [0.5, 0.6) is 0 Å². The summed E-state index contributed by atoms with van der Waals surface area (Å²) in [5, 5.41) is 11.1. The summed E-state index contributed by atoms with van der Waals surface area (Å²) in [4.78, 5) is 22.2. The van der Waals surface area contributed by atoms with Crippen LogP contribution in [-0.4, -0.2) is 50.2 Å². The first-order valence-corrected chi connectivity index (χ1v) is 7.51. The molecule has 0 fully saturated rings. The van der Waals surface area contributed by atoms with Crippen molar-refractivity contribution in [1.82, 2.24) is 0 Å². The fourth-order valence-corrected chi connectivity index (χ4v) is 2.08. The van der Waals surface area contributed by atoms with Crippen LogP contribution >= 0.6 is 0 Å². The van der Waals surface area contributed by atoms with E-state index in [0.29, 0.717) is 23.1 Å². The van der Waals surface area contributed by atoms with Crippen LogP contribution in [0.4, 0.5) is 0 Å². The van der Waals surface area contributed by atoms with Gasteiger partial charge in [0.1, 0.15) is 6.04 Å². The Bertz CT molecular complexity index is 358. The first-order valence-electron chi connectivity index (χ1n) is 7.51. The summed E-state index contributed by atoms with van der Waals surface area (Å²) in [7, 11) is 5.61. The molecule has 5 heteroatoms. The second kappa shape index (κ2) is 9.55. The summed E-state index contributed by atoms with van der Waals surface area (Å²) in [6.45, 7) is 5.57. The maximum absolute atomic E-state index is 11.1. The van der Waals surface area contributed by atoms with E-state index in [1.54, 1.807) is 6.92 Å². The van der Waals surface area contributed by atoms with Crippen molar-refractivity contribution in [3.63, 3.8) is 0 Å². The maximum atomic E-state index is 11.1. The van der Waals surface area contributed by atoms with Gasteiger partial charge in [0.15, 0.2) is 0 Å². The largest absolute Gasteiger partial charge is 0.544 e. The Balaban J connectivity index is 3.66. The molecule has 0 spiro atoms. The third-order valence-electron chi connectivity index (χ3n) is 3.41. The quantitative estimate of drug-likeness (QED) is 0.249. The lowest BCUT2D eigenvalue weighted by Gasteiger charge is -2.34. The van der Waals surface area contributed by atoms with Gasteiger partial charge in [-0.2, -0.15) is 0 Å². The lowest BCUT2D eigenvalue weighted by Crippen LogP contribution is -2.54. The van der Waals surface area contributed by atoms with E-state index >= 15 is 0 Å². The minimum absolute atomic E-state index is 0.338. The Labute approximate surface area is 128 Å². The van der Waals surface area contributed by atoms with E-state index in [1.165, 1.54) is 0 Å². The van der Waals surface area contributed by atoms with Crippen molar-refractivity contribution >= 4 is 11.9 Å². The number of hydrogen-bond acceptors (Lipinski definition) is 4. The van der Waals surface area contributed by atoms with Crippen molar-refractivity contribution in [3.8, 4) is 0 Å². The Kier molecular flexibility index (Phi) is 8.93. The van der Waals surface area contributed by atoms with Crippen molar-refractivity contribution in [2.24, 2.45) is 0 Å². The molecule has 0 saturated heterocycles. The molecule has 0 aliphatic heterocycles. The van der Waals surface area contributed by atoms with Gasteiger partial charge in [0.25, 0.3) is 0 Å². The zero-order valence-electron chi connectivity index (χ0n) is 13.8. The first-order chi connectivity index (χ1) is 9.66. The molecule has 0 radical (unpaired) electrons. The molecule has 5 nitrogen and oxygen atoms in total. The molecule has 1 atom stereocenters. The lowest BCUT2D eigenvalue weighted by atomic mass is 10.0. The van der Waals surface area contributed by atoms with Gasteiger partial charge in [-0.3, -0.25) is 0 Å². The van der Waals surface area contributed by atoms with Gasteiger partial charge in [0, 0.05) is 12.0 Å². The number of ether oxygens (including phenoxy) is 1. The lowest BCUT2D eigenvalue weighted by molar-refractivity contribution is -0.889. The number of rotatable bonds is 11. The molecule has 122 valence electrons. The predicted octanol–water partition coefficient (Wildman–Crippen LogP) is 1.27. The van der Waals surface area contributed by atoms with Crippen molar-refractivity contribution in [1.29, 1.82) is 0 Å². The van der Waals surface area contributed by atoms with Crippen molar-refractivity contribution in [2.75, 3.05) is 27.7 Å². The molecule has 0 aromatic heterocycles. The molecular weight excluding hydrogens is 270 g/mol.